The number of hydrogen-bond donors (Lipinski definition) is 1. The van der Waals surface area contributed by atoms with E-state index in [-0.39, 0.29) is 5.91 Å². The first-order valence-corrected chi connectivity index (χ1v) is 8.29. The van der Waals surface area contributed by atoms with E-state index in [0.717, 1.165) is 5.56 Å². The fraction of sp³-hybridized carbons (Fsp3) is 0. The Morgan fingerprint density at radius 2 is 1.78 bits per heavy atom. The molecule has 5 heteroatoms. The van der Waals surface area contributed by atoms with Gasteiger partial charge in [-0.05, 0) is 35.9 Å². The summed E-state index contributed by atoms with van der Waals surface area (Å²) in [6.45, 7) is 0. The van der Waals surface area contributed by atoms with Crippen LogP contribution in [0.1, 0.15) is 22.8 Å². The van der Waals surface area contributed by atoms with Crippen LogP contribution in [-0.4, -0.2) is 5.91 Å². The van der Waals surface area contributed by atoms with Gasteiger partial charge in [-0.2, -0.15) is 5.26 Å². The van der Waals surface area contributed by atoms with E-state index in [1.807, 2.05) is 42.5 Å². The van der Waals surface area contributed by atoms with Crippen molar-refractivity contribution in [1.29, 1.82) is 5.26 Å². The molecule has 0 radical (unpaired) electrons. The first-order chi connectivity index (χ1) is 13.3. The fourth-order valence-electron chi connectivity index (χ4n) is 2.96. The van der Waals surface area contributed by atoms with Crippen molar-refractivity contribution in [1.82, 2.24) is 5.32 Å². The molecule has 27 heavy (non-hydrogen) atoms. The van der Waals surface area contributed by atoms with Gasteiger partial charge in [-0.1, -0.05) is 30.3 Å². The predicted molar refractivity (Wildman–Crippen MR) is 101 cm³/mol. The van der Waals surface area contributed by atoms with Crippen molar-refractivity contribution in [2.45, 2.75) is 0 Å². The lowest BCUT2D eigenvalue weighted by atomic mass is 9.99. The highest BCUT2D eigenvalue weighted by molar-refractivity contribution is 6.34. The highest BCUT2D eigenvalue weighted by Gasteiger charge is 2.31. The molecule has 5 nitrogen and oxygen atoms in total. The van der Waals surface area contributed by atoms with Crippen molar-refractivity contribution in [2.24, 2.45) is 0 Å². The maximum atomic E-state index is 12.7. The van der Waals surface area contributed by atoms with Gasteiger partial charge >= 0.3 is 0 Å². The molecule has 0 saturated heterocycles. The summed E-state index contributed by atoms with van der Waals surface area (Å²) >= 11 is 0. The highest BCUT2D eigenvalue weighted by atomic mass is 16.3. The Hall–Kier alpha value is -4.04. The Labute approximate surface area is 155 Å². The molecule has 1 N–H and O–H groups in total. The van der Waals surface area contributed by atoms with Gasteiger partial charge in [0.15, 0.2) is 0 Å². The van der Waals surface area contributed by atoms with E-state index in [0.29, 0.717) is 34.1 Å². The fourth-order valence-corrected chi connectivity index (χ4v) is 2.96. The maximum Gasteiger partial charge on any atom is 0.257 e. The van der Waals surface area contributed by atoms with E-state index in [9.17, 15) is 4.79 Å². The molecule has 3 aromatic rings. The normalized spacial score (nSPS) is 15.5. The minimum atomic E-state index is -0.199. The summed E-state index contributed by atoms with van der Waals surface area (Å²) < 4.78 is 11.2. The van der Waals surface area contributed by atoms with E-state index in [1.54, 1.807) is 36.6 Å². The molecule has 1 amide bonds. The van der Waals surface area contributed by atoms with Gasteiger partial charge in [-0.15, -0.1) is 0 Å². The van der Waals surface area contributed by atoms with E-state index >= 15 is 0 Å². The van der Waals surface area contributed by atoms with Gasteiger partial charge in [0, 0.05) is 12.2 Å². The van der Waals surface area contributed by atoms with Crippen LogP contribution in [0.5, 0.6) is 0 Å². The highest BCUT2D eigenvalue weighted by Crippen LogP contribution is 2.37. The summed E-state index contributed by atoms with van der Waals surface area (Å²) in [6.07, 6.45) is 6.24. The predicted octanol–water partition coefficient (Wildman–Crippen LogP) is 4.49. The molecule has 3 heterocycles. The van der Waals surface area contributed by atoms with Gasteiger partial charge in [0.2, 0.25) is 0 Å². The number of allylic oxidation sites excluding steroid dienone is 2. The van der Waals surface area contributed by atoms with E-state index in [1.165, 1.54) is 6.08 Å². The SMILES string of the molecule is N#C/C=C/c1ccc(/C=C2\NC(=O)C(c3ccccc3)=C2c2ccco2)o1. The van der Waals surface area contributed by atoms with Crippen LogP contribution < -0.4 is 5.32 Å². The maximum absolute atomic E-state index is 12.7. The van der Waals surface area contributed by atoms with Crippen LogP contribution in [0.4, 0.5) is 0 Å². The monoisotopic (exact) mass is 354 g/mol. The molecule has 1 aliphatic heterocycles. The molecule has 4 rings (SSSR count). The lowest BCUT2D eigenvalue weighted by Crippen LogP contribution is -2.15. The van der Waals surface area contributed by atoms with E-state index in [4.69, 9.17) is 14.1 Å². The molecule has 130 valence electrons. The Bertz CT molecular complexity index is 1110. The van der Waals surface area contributed by atoms with Crippen molar-refractivity contribution in [3.8, 4) is 6.07 Å². The molecule has 0 aliphatic carbocycles. The zero-order valence-electron chi connectivity index (χ0n) is 14.2. The molecular formula is C22H14N2O3. The molecular weight excluding hydrogens is 340 g/mol. The number of carbonyl (C=O) groups is 1. The van der Waals surface area contributed by atoms with Crippen molar-refractivity contribution >= 4 is 29.2 Å². The first-order valence-electron chi connectivity index (χ1n) is 8.29. The zero-order valence-corrected chi connectivity index (χ0v) is 14.2. The first kappa shape index (κ1) is 16.4. The summed E-state index contributed by atoms with van der Waals surface area (Å²) in [5, 5.41) is 11.5. The number of nitrogens with zero attached hydrogens (tertiary/aromatic N) is 1. The van der Waals surface area contributed by atoms with Gasteiger partial charge in [0.1, 0.15) is 17.3 Å². The number of furan rings is 2. The number of amides is 1. The molecule has 0 bridgehead atoms. The summed E-state index contributed by atoms with van der Waals surface area (Å²) in [4.78, 5) is 12.7. The Morgan fingerprint density at radius 3 is 2.52 bits per heavy atom. The number of benzene rings is 1. The standard InChI is InChI=1S/C22H14N2O3/c23-12-4-8-16-10-11-17(27-16)14-18-21(19-9-5-13-26-19)20(22(25)24-18)15-6-2-1-3-7-15/h1-11,13-14H,(H,24,25)/b8-4+,18-14-. The molecule has 0 saturated carbocycles. The molecule has 0 fully saturated rings. The molecule has 0 unspecified atom stereocenters. The number of carbonyl (C=O) groups excluding carboxylic acids is 1. The molecule has 2 aromatic heterocycles. The van der Waals surface area contributed by atoms with Crippen LogP contribution in [0.15, 0.2) is 81.5 Å². The lowest BCUT2D eigenvalue weighted by Gasteiger charge is -2.04. The molecule has 0 atom stereocenters. The van der Waals surface area contributed by atoms with Gasteiger partial charge < -0.3 is 14.2 Å². The van der Waals surface area contributed by atoms with Gasteiger partial charge in [0.05, 0.1) is 29.2 Å². The second-order valence-electron chi connectivity index (χ2n) is 5.81. The summed E-state index contributed by atoms with van der Waals surface area (Å²) in [5.74, 6) is 1.51. The van der Waals surface area contributed by atoms with Gasteiger partial charge in [0.25, 0.3) is 5.91 Å². The second-order valence-corrected chi connectivity index (χ2v) is 5.81. The van der Waals surface area contributed by atoms with Gasteiger partial charge in [-0.25, -0.2) is 0 Å². The van der Waals surface area contributed by atoms with Crippen LogP contribution in [0.25, 0.3) is 23.3 Å². The zero-order chi connectivity index (χ0) is 18.6. The van der Waals surface area contributed by atoms with E-state index < -0.39 is 0 Å². The third-order valence-corrected chi connectivity index (χ3v) is 4.08. The average Bonchev–Trinajstić information content (AvgIpc) is 3.41. The largest absolute Gasteiger partial charge is 0.464 e. The summed E-state index contributed by atoms with van der Waals surface area (Å²) in [6, 6.07) is 18.5. The molecule has 1 aromatic carbocycles. The van der Waals surface area contributed by atoms with Crippen LogP contribution >= 0.6 is 0 Å². The lowest BCUT2D eigenvalue weighted by molar-refractivity contribution is -0.114. The number of hydrogen-bond acceptors (Lipinski definition) is 4. The topological polar surface area (TPSA) is 79.2 Å². The van der Waals surface area contributed by atoms with Crippen molar-refractivity contribution in [3.05, 3.63) is 95.5 Å². The third-order valence-electron chi connectivity index (χ3n) is 4.08. The number of nitriles is 1. The quantitative estimate of drug-likeness (QED) is 0.700. The van der Waals surface area contributed by atoms with E-state index in [2.05, 4.69) is 5.32 Å². The molecule has 0 spiro atoms. The van der Waals surface area contributed by atoms with Crippen molar-refractivity contribution < 1.29 is 13.6 Å². The Kier molecular flexibility index (Phi) is 4.30. The smallest absolute Gasteiger partial charge is 0.257 e. The average molecular weight is 354 g/mol. The Morgan fingerprint density at radius 1 is 0.963 bits per heavy atom. The number of nitrogens with one attached hydrogen (secondary N) is 1. The molecule has 1 aliphatic rings. The van der Waals surface area contributed by atoms with Crippen molar-refractivity contribution in [3.63, 3.8) is 0 Å². The number of rotatable bonds is 4. The van der Waals surface area contributed by atoms with Crippen LogP contribution in [0, 0.1) is 11.3 Å². The second kappa shape index (κ2) is 7.06. The third kappa shape index (κ3) is 3.24. The summed E-state index contributed by atoms with van der Waals surface area (Å²) in [7, 11) is 0. The van der Waals surface area contributed by atoms with Crippen LogP contribution in [0.2, 0.25) is 0 Å². The van der Waals surface area contributed by atoms with Crippen molar-refractivity contribution in [2.75, 3.05) is 0 Å². The Balaban J connectivity index is 1.82. The van der Waals surface area contributed by atoms with Crippen LogP contribution in [-0.2, 0) is 4.79 Å². The van der Waals surface area contributed by atoms with Gasteiger partial charge in [-0.3, -0.25) is 4.79 Å². The van der Waals surface area contributed by atoms with Crippen LogP contribution in [0.3, 0.4) is 0 Å². The minimum Gasteiger partial charge on any atom is -0.464 e. The minimum absolute atomic E-state index is 0.199. The summed E-state index contributed by atoms with van der Waals surface area (Å²) in [5.41, 5.74) is 2.63.